The average molecular weight is 403 g/mol. The SMILES string of the molecule is CN(C(=O)Nc1cnn(-c2cc(F)cc(F)c2)c1)C1CCN(C(=O)C2CC2)CC1. The smallest absolute Gasteiger partial charge is 0.321 e. The van der Waals surface area contributed by atoms with Crippen LogP contribution >= 0.6 is 0 Å². The number of carbonyl (C=O) groups is 2. The van der Waals surface area contributed by atoms with Crippen molar-refractivity contribution in [3.8, 4) is 5.69 Å². The second kappa shape index (κ2) is 7.81. The Morgan fingerprint density at radius 3 is 2.38 bits per heavy atom. The molecule has 1 saturated carbocycles. The van der Waals surface area contributed by atoms with E-state index in [-0.39, 0.29) is 29.6 Å². The van der Waals surface area contributed by atoms with E-state index in [2.05, 4.69) is 10.4 Å². The molecule has 2 heterocycles. The van der Waals surface area contributed by atoms with E-state index in [1.165, 1.54) is 17.1 Å². The van der Waals surface area contributed by atoms with Gasteiger partial charge in [-0.3, -0.25) is 4.79 Å². The molecule has 2 aliphatic rings. The molecule has 1 N–H and O–H groups in total. The van der Waals surface area contributed by atoms with E-state index in [0.717, 1.165) is 43.9 Å². The number of likely N-dealkylation sites (tertiary alicyclic amines) is 1. The molecule has 1 aromatic carbocycles. The Morgan fingerprint density at radius 2 is 1.76 bits per heavy atom. The maximum Gasteiger partial charge on any atom is 0.321 e. The fourth-order valence-electron chi connectivity index (χ4n) is 3.64. The van der Waals surface area contributed by atoms with Gasteiger partial charge in [-0.2, -0.15) is 5.10 Å². The minimum Gasteiger partial charge on any atom is -0.342 e. The quantitative estimate of drug-likeness (QED) is 0.853. The van der Waals surface area contributed by atoms with Gasteiger partial charge in [0.05, 0.1) is 23.8 Å². The maximum atomic E-state index is 13.4. The van der Waals surface area contributed by atoms with Gasteiger partial charge < -0.3 is 15.1 Å². The van der Waals surface area contributed by atoms with Crippen LogP contribution in [0.15, 0.2) is 30.6 Å². The molecule has 3 amide bonds. The van der Waals surface area contributed by atoms with Crippen LogP contribution in [0.3, 0.4) is 0 Å². The Labute approximate surface area is 167 Å². The van der Waals surface area contributed by atoms with Crippen LogP contribution in [0, 0.1) is 17.6 Å². The van der Waals surface area contributed by atoms with Crippen molar-refractivity contribution < 1.29 is 18.4 Å². The monoisotopic (exact) mass is 403 g/mol. The number of hydrogen-bond acceptors (Lipinski definition) is 3. The summed E-state index contributed by atoms with van der Waals surface area (Å²) in [7, 11) is 1.73. The molecule has 1 saturated heterocycles. The van der Waals surface area contributed by atoms with E-state index < -0.39 is 11.6 Å². The number of nitrogens with zero attached hydrogens (tertiary/aromatic N) is 4. The number of halogens is 2. The summed E-state index contributed by atoms with van der Waals surface area (Å²) in [5.74, 6) is -0.938. The fourth-order valence-corrected chi connectivity index (χ4v) is 3.64. The number of aromatic nitrogens is 2. The second-order valence-corrected chi connectivity index (χ2v) is 7.67. The zero-order valence-electron chi connectivity index (χ0n) is 16.1. The van der Waals surface area contributed by atoms with Gasteiger partial charge in [0.15, 0.2) is 0 Å². The number of piperidine rings is 1. The van der Waals surface area contributed by atoms with Crippen LogP contribution < -0.4 is 5.32 Å². The number of carbonyl (C=O) groups excluding carboxylic acids is 2. The van der Waals surface area contributed by atoms with E-state index in [9.17, 15) is 18.4 Å². The maximum absolute atomic E-state index is 13.4. The van der Waals surface area contributed by atoms with Crippen LogP contribution in [0.4, 0.5) is 19.3 Å². The molecule has 29 heavy (non-hydrogen) atoms. The topological polar surface area (TPSA) is 70.5 Å². The summed E-state index contributed by atoms with van der Waals surface area (Å²) >= 11 is 0. The molecule has 0 atom stereocenters. The molecular formula is C20H23F2N5O2. The number of amides is 3. The zero-order chi connectivity index (χ0) is 20.5. The standard InChI is InChI=1S/C20H23F2N5O2/c1-25(17-4-6-26(7-5-17)19(28)13-2-3-13)20(29)24-16-11-23-27(12-16)18-9-14(21)8-15(22)10-18/h8-13,17H,2-7H2,1H3,(H,24,29). The normalized spacial score (nSPS) is 17.3. The number of nitrogens with one attached hydrogen (secondary N) is 1. The Hall–Kier alpha value is -2.97. The minimum atomic E-state index is -0.702. The van der Waals surface area contributed by atoms with E-state index in [1.807, 2.05) is 4.90 Å². The summed E-state index contributed by atoms with van der Waals surface area (Å²) in [4.78, 5) is 28.3. The first kappa shape index (κ1) is 19.4. The Morgan fingerprint density at radius 1 is 1.10 bits per heavy atom. The lowest BCUT2D eigenvalue weighted by Gasteiger charge is -2.36. The Balaban J connectivity index is 1.33. The van der Waals surface area contributed by atoms with Gasteiger partial charge >= 0.3 is 6.03 Å². The molecule has 2 aromatic rings. The molecule has 4 rings (SSSR count). The van der Waals surface area contributed by atoms with E-state index >= 15 is 0 Å². The van der Waals surface area contributed by atoms with Crippen LogP contribution in [-0.4, -0.2) is 57.7 Å². The average Bonchev–Trinajstić information content (AvgIpc) is 3.45. The van der Waals surface area contributed by atoms with Gasteiger partial charge in [0, 0.05) is 38.2 Å². The van der Waals surface area contributed by atoms with Crippen molar-refractivity contribution in [1.82, 2.24) is 19.6 Å². The summed E-state index contributed by atoms with van der Waals surface area (Å²) in [6.45, 7) is 1.33. The Bertz CT molecular complexity index is 899. The van der Waals surface area contributed by atoms with Crippen LogP contribution in [0.25, 0.3) is 5.69 Å². The fraction of sp³-hybridized carbons (Fsp3) is 0.450. The Kier molecular flexibility index (Phi) is 5.21. The van der Waals surface area contributed by atoms with Crippen molar-refractivity contribution in [2.24, 2.45) is 5.92 Å². The van der Waals surface area contributed by atoms with E-state index in [4.69, 9.17) is 0 Å². The highest BCUT2D eigenvalue weighted by molar-refractivity contribution is 5.89. The number of benzene rings is 1. The molecule has 7 nitrogen and oxygen atoms in total. The molecule has 2 fully saturated rings. The first-order chi connectivity index (χ1) is 13.9. The molecule has 0 radical (unpaired) electrons. The number of rotatable bonds is 4. The molecule has 9 heteroatoms. The molecular weight excluding hydrogens is 380 g/mol. The molecule has 1 aliphatic heterocycles. The summed E-state index contributed by atoms with van der Waals surface area (Å²) in [6, 6.07) is 2.86. The third kappa shape index (κ3) is 4.38. The summed E-state index contributed by atoms with van der Waals surface area (Å²) in [5, 5.41) is 6.81. The third-order valence-corrected chi connectivity index (χ3v) is 5.52. The highest BCUT2D eigenvalue weighted by Gasteiger charge is 2.35. The number of hydrogen-bond donors (Lipinski definition) is 1. The number of urea groups is 1. The van der Waals surface area contributed by atoms with E-state index in [1.54, 1.807) is 11.9 Å². The van der Waals surface area contributed by atoms with Crippen molar-refractivity contribution >= 4 is 17.6 Å². The first-order valence-electron chi connectivity index (χ1n) is 9.74. The predicted molar refractivity (Wildman–Crippen MR) is 103 cm³/mol. The molecule has 0 unspecified atom stereocenters. The van der Waals surface area contributed by atoms with Gasteiger partial charge in [-0.25, -0.2) is 18.3 Å². The summed E-state index contributed by atoms with van der Waals surface area (Å²) < 4.78 is 28.1. The first-order valence-corrected chi connectivity index (χ1v) is 9.74. The van der Waals surface area contributed by atoms with Gasteiger partial charge in [-0.1, -0.05) is 0 Å². The largest absolute Gasteiger partial charge is 0.342 e. The molecule has 1 aliphatic carbocycles. The summed E-state index contributed by atoms with van der Waals surface area (Å²) in [6.07, 6.45) is 6.39. The van der Waals surface area contributed by atoms with Gasteiger partial charge in [0.1, 0.15) is 11.6 Å². The van der Waals surface area contributed by atoms with Gasteiger partial charge in [0.2, 0.25) is 5.91 Å². The lowest BCUT2D eigenvalue weighted by molar-refractivity contribution is -0.133. The molecule has 154 valence electrons. The highest BCUT2D eigenvalue weighted by atomic mass is 19.1. The van der Waals surface area contributed by atoms with Crippen LogP contribution in [0.5, 0.6) is 0 Å². The molecule has 1 aromatic heterocycles. The van der Waals surface area contributed by atoms with Crippen LogP contribution in [0.1, 0.15) is 25.7 Å². The van der Waals surface area contributed by atoms with Gasteiger partial charge in [0.25, 0.3) is 0 Å². The third-order valence-electron chi connectivity index (χ3n) is 5.52. The van der Waals surface area contributed by atoms with Gasteiger partial charge in [-0.15, -0.1) is 0 Å². The van der Waals surface area contributed by atoms with Crippen LogP contribution in [0.2, 0.25) is 0 Å². The van der Waals surface area contributed by atoms with Crippen molar-refractivity contribution in [2.75, 3.05) is 25.5 Å². The zero-order valence-corrected chi connectivity index (χ0v) is 16.1. The molecule has 0 bridgehead atoms. The van der Waals surface area contributed by atoms with E-state index in [0.29, 0.717) is 18.8 Å². The minimum absolute atomic E-state index is 0.0469. The lowest BCUT2D eigenvalue weighted by Crippen LogP contribution is -2.48. The second-order valence-electron chi connectivity index (χ2n) is 7.67. The van der Waals surface area contributed by atoms with Crippen molar-refractivity contribution in [1.29, 1.82) is 0 Å². The van der Waals surface area contributed by atoms with Crippen molar-refractivity contribution in [3.05, 3.63) is 42.2 Å². The van der Waals surface area contributed by atoms with Crippen LogP contribution in [-0.2, 0) is 4.79 Å². The van der Waals surface area contributed by atoms with Crippen molar-refractivity contribution in [3.63, 3.8) is 0 Å². The predicted octanol–water partition coefficient (Wildman–Crippen LogP) is 3.02. The van der Waals surface area contributed by atoms with Gasteiger partial charge in [-0.05, 0) is 37.8 Å². The molecule has 0 spiro atoms. The lowest BCUT2D eigenvalue weighted by atomic mass is 10.0. The number of anilines is 1. The summed E-state index contributed by atoms with van der Waals surface area (Å²) in [5.41, 5.74) is 0.650. The van der Waals surface area contributed by atoms with Crippen molar-refractivity contribution in [2.45, 2.75) is 31.7 Å². The highest BCUT2D eigenvalue weighted by Crippen LogP contribution is 2.32.